The van der Waals surface area contributed by atoms with Crippen LogP contribution in [0.1, 0.15) is 34.6 Å². The first-order chi connectivity index (χ1) is 7.88. The fraction of sp³-hybridized carbons (Fsp3) is 0.643. The molecule has 1 rings (SSSR count). The SMILES string of the molecule is CC(C)C(CNC(C)(C)C)Oc1cccnc1. The molecule has 3 heteroatoms. The summed E-state index contributed by atoms with van der Waals surface area (Å²) in [4.78, 5) is 4.06. The third-order valence-corrected chi connectivity index (χ3v) is 2.50. The fourth-order valence-electron chi connectivity index (χ4n) is 1.41. The molecule has 0 bridgehead atoms. The average molecular weight is 236 g/mol. The third kappa shape index (κ3) is 5.68. The molecule has 1 unspecified atom stereocenters. The smallest absolute Gasteiger partial charge is 0.138 e. The van der Waals surface area contributed by atoms with Crippen LogP contribution >= 0.6 is 0 Å². The third-order valence-electron chi connectivity index (χ3n) is 2.50. The lowest BCUT2D eigenvalue weighted by Gasteiger charge is -2.28. The molecular weight excluding hydrogens is 212 g/mol. The Balaban J connectivity index is 2.55. The Morgan fingerprint density at radius 3 is 2.53 bits per heavy atom. The van der Waals surface area contributed by atoms with Gasteiger partial charge in [-0.1, -0.05) is 13.8 Å². The molecule has 17 heavy (non-hydrogen) atoms. The van der Waals surface area contributed by atoms with Gasteiger partial charge in [0.2, 0.25) is 0 Å². The number of ether oxygens (including phenoxy) is 1. The first-order valence-corrected chi connectivity index (χ1v) is 6.20. The summed E-state index contributed by atoms with van der Waals surface area (Å²) in [7, 11) is 0. The topological polar surface area (TPSA) is 34.1 Å². The number of pyridine rings is 1. The molecule has 3 nitrogen and oxygen atoms in total. The second kappa shape index (κ2) is 6.01. The summed E-state index contributed by atoms with van der Waals surface area (Å²) < 4.78 is 5.95. The Labute approximate surface area is 105 Å². The molecule has 1 aromatic heterocycles. The van der Waals surface area contributed by atoms with E-state index in [-0.39, 0.29) is 11.6 Å². The van der Waals surface area contributed by atoms with Crippen molar-refractivity contribution in [1.29, 1.82) is 0 Å². The maximum Gasteiger partial charge on any atom is 0.138 e. The van der Waals surface area contributed by atoms with Crippen molar-refractivity contribution in [3.8, 4) is 5.75 Å². The normalized spacial score (nSPS) is 13.8. The second-order valence-corrected chi connectivity index (χ2v) is 5.72. The van der Waals surface area contributed by atoms with E-state index < -0.39 is 0 Å². The van der Waals surface area contributed by atoms with Gasteiger partial charge in [0.15, 0.2) is 0 Å². The molecule has 1 N–H and O–H groups in total. The largest absolute Gasteiger partial charge is 0.487 e. The molecule has 0 spiro atoms. The lowest BCUT2D eigenvalue weighted by atomic mass is 10.0. The van der Waals surface area contributed by atoms with Crippen molar-refractivity contribution < 1.29 is 4.74 Å². The Morgan fingerprint density at radius 1 is 1.35 bits per heavy atom. The summed E-state index contributed by atoms with van der Waals surface area (Å²) in [6, 6.07) is 3.84. The van der Waals surface area contributed by atoms with Gasteiger partial charge in [-0.25, -0.2) is 0 Å². The Kier molecular flexibility index (Phi) is 4.94. The van der Waals surface area contributed by atoms with E-state index in [0.29, 0.717) is 5.92 Å². The summed E-state index contributed by atoms with van der Waals surface area (Å²) in [5, 5.41) is 3.48. The van der Waals surface area contributed by atoms with Gasteiger partial charge in [0.05, 0.1) is 6.20 Å². The molecule has 0 aliphatic heterocycles. The van der Waals surface area contributed by atoms with Crippen LogP contribution in [0, 0.1) is 5.92 Å². The van der Waals surface area contributed by atoms with Crippen LogP contribution in [0.25, 0.3) is 0 Å². The van der Waals surface area contributed by atoms with Gasteiger partial charge in [0, 0.05) is 18.3 Å². The Bertz CT molecular complexity index is 317. The summed E-state index contributed by atoms with van der Waals surface area (Å²) in [5.74, 6) is 1.30. The molecule has 0 saturated carbocycles. The van der Waals surface area contributed by atoms with Gasteiger partial charge in [-0.05, 0) is 38.8 Å². The molecule has 96 valence electrons. The van der Waals surface area contributed by atoms with Gasteiger partial charge in [-0.3, -0.25) is 4.98 Å². The summed E-state index contributed by atoms with van der Waals surface area (Å²) in [5.41, 5.74) is 0.117. The van der Waals surface area contributed by atoms with Crippen molar-refractivity contribution in [2.75, 3.05) is 6.54 Å². The number of rotatable bonds is 5. The van der Waals surface area contributed by atoms with Crippen molar-refractivity contribution in [1.82, 2.24) is 10.3 Å². The van der Waals surface area contributed by atoms with Gasteiger partial charge in [0.25, 0.3) is 0 Å². The van der Waals surface area contributed by atoms with Gasteiger partial charge in [-0.15, -0.1) is 0 Å². The number of nitrogens with zero attached hydrogens (tertiary/aromatic N) is 1. The van der Waals surface area contributed by atoms with Gasteiger partial charge < -0.3 is 10.1 Å². The van der Waals surface area contributed by atoms with Crippen LogP contribution in [0.5, 0.6) is 5.75 Å². The maximum atomic E-state index is 5.95. The number of hydrogen-bond acceptors (Lipinski definition) is 3. The molecule has 0 aliphatic rings. The second-order valence-electron chi connectivity index (χ2n) is 5.72. The van der Waals surface area contributed by atoms with Crippen molar-refractivity contribution in [3.05, 3.63) is 24.5 Å². The zero-order valence-electron chi connectivity index (χ0n) is 11.5. The molecule has 1 heterocycles. The lowest BCUT2D eigenvalue weighted by Crippen LogP contribution is -2.44. The van der Waals surface area contributed by atoms with Gasteiger partial charge in [-0.2, -0.15) is 0 Å². The zero-order valence-corrected chi connectivity index (χ0v) is 11.5. The minimum atomic E-state index is 0.117. The van der Waals surface area contributed by atoms with E-state index in [0.717, 1.165) is 12.3 Å². The van der Waals surface area contributed by atoms with Crippen LogP contribution in [0.15, 0.2) is 24.5 Å². The van der Waals surface area contributed by atoms with Crippen LogP contribution < -0.4 is 10.1 Å². The number of nitrogens with one attached hydrogen (secondary N) is 1. The summed E-state index contributed by atoms with van der Waals surface area (Å²) >= 11 is 0. The molecule has 0 aliphatic carbocycles. The van der Waals surface area contributed by atoms with Crippen molar-refractivity contribution >= 4 is 0 Å². The highest BCUT2D eigenvalue weighted by atomic mass is 16.5. The van der Waals surface area contributed by atoms with Crippen molar-refractivity contribution in [2.45, 2.75) is 46.3 Å². The highest BCUT2D eigenvalue weighted by Gasteiger charge is 2.18. The molecule has 0 amide bonds. The first-order valence-electron chi connectivity index (χ1n) is 6.20. The van der Waals surface area contributed by atoms with Gasteiger partial charge in [0.1, 0.15) is 11.9 Å². The van der Waals surface area contributed by atoms with Crippen molar-refractivity contribution in [2.24, 2.45) is 5.92 Å². The van der Waals surface area contributed by atoms with E-state index in [1.807, 2.05) is 12.1 Å². The van der Waals surface area contributed by atoms with Crippen LogP contribution in [0.3, 0.4) is 0 Å². The molecule has 0 aromatic carbocycles. The molecule has 1 aromatic rings. The highest BCUT2D eigenvalue weighted by molar-refractivity contribution is 5.16. The average Bonchev–Trinajstić information content (AvgIpc) is 2.24. The fourth-order valence-corrected chi connectivity index (χ4v) is 1.41. The minimum absolute atomic E-state index is 0.117. The quantitative estimate of drug-likeness (QED) is 0.853. The van der Waals surface area contributed by atoms with Crippen molar-refractivity contribution in [3.63, 3.8) is 0 Å². The standard InChI is InChI=1S/C14H24N2O/c1-11(2)13(10-16-14(3,4)5)17-12-7-6-8-15-9-12/h6-9,11,13,16H,10H2,1-5H3. The zero-order chi connectivity index (χ0) is 12.9. The van der Waals surface area contributed by atoms with E-state index in [9.17, 15) is 0 Å². The number of hydrogen-bond donors (Lipinski definition) is 1. The van der Waals surface area contributed by atoms with Gasteiger partial charge >= 0.3 is 0 Å². The molecule has 0 radical (unpaired) electrons. The summed E-state index contributed by atoms with van der Waals surface area (Å²) in [6.45, 7) is 11.7. The Hall–Kier alpha value is -1.09. The lowest BCUT2D eigenvalue weighted by molar-refractivity contribution is 0.139. The van der Waals surface area contributed by atoms with E-state index in [4.69, 9.17) is 4.74 Å². The van der Waals surface area contributed by atoms with E-state index in [2.05, 4.69) is 44.9 Å². The molecular formula is C14H24N2O. The predicted molar refractivity (Wildman–Crippen MR) is 71.2 cm³/mol. The van der Waals surface area contributed by atoms with E-state index in [1.165, 1.54) is 0 Å². The highest BCUT2D eigenvalue weighted by Crippen LogP contribution is 2.14. The van der Waals surface area contributed by atoms with E-state index in [1.54, 1.807) is 12.4 Å². The van der Waals surface area contributed by atoms with Crippen LogP contribution in [0.4, 0.5) is 0 Å². The Morgan fingerprint density at radius 2 is 2.06 bits per heavy atom. The molecule has 1 atom stereocenters. The van der Waals surface area contributed by atoms with Crippen LogP contribution in [0.2, 0.25) is 0 Å². The first kappa shape index (κ1) is 14.0. The van der Waals surface area contributed by atoms with Crippen LogP contribution in [-0.2, 0) is 0 Å². The predicted octanol–water partition coefficient (Wildman–Crippen LogP) is 2.87. The maximum absolute atomic E-state index is 5.95. The number of aromatic nitrogens is 1. The monoisotopic (exact) mass is 236 g/mol. The molecule has 0 fully saturated rings. The van der Waals surface area contributed by atoms with Crippen LogP contribution in [-0.4, -0.2) is 23.2 Å². The van der Waals surface area contributed by atoms with E-state index >= 15 is 0 Å². The molecule has 0 saturated heterocycles. The summed E-state index contributed by atoms with van der Waals surface area (Å²) in [6.07, 6.45) is 3.68. The minimum Gasteiger partial charge on any atom is -0.487 e.